The van der Waals surface area contributed by atoms with Crippen LogP contribution in [0.2, 0.25) is 0 Å². The lowest BCUT2D eigenvalue weighted by atomic mass is 9.84. The number of hydrogen-bond donors (Lipinski definition) is 1. The molecule has 3 heterocycles. The topological polar surface area (TPSA) is 55.1 Å². The highest BCUT2D eigenvalue weighted by atomic mass is 15.1. The van der Waals surface area contributed by atoms with E-state index in [0.29, 0.717) is 5.82 Å². The van der Waals surface area contributed by atoms with E-state index in [-0.39, 0.29) is 6.04 Å². The summed E-state index contributed by atoms with van der Waals surface area (Å²) >= 11 is 0. The van der Waals surface area contributed by atoms with Gasteiger partial charge in [-0.15, -0.1) is 0 Å². The zero-order valence-electron chi connectivity index (χ0n) is 62.7. The molecule has 0 amide bonds. The summed E-state index contributed by atoms with van der Waals surface area (Å²) < 4.78 is 2.38. The maximum Gasteiger partial charge on any atom is 0.160 e. The first-order valence-corrected chi connectivity index (χ1v) is 39.5. The van der Waals surface area contributed by atoms with Gasteiger partial charge in [0.15, 0.2) is 5.82 Å². The molecule has 1 atom stereocenters. The zero-order valence-corrected chi connectivity index (χ0v) is 62.7. The standard InChI is InChI=1S/C110H71N5/c1-5-28-71(29-6-1)79-57-60-90(85-41-16-13-38-82(79)85)102-69-103(92-62-59-81(84-40-15-18-43-87(84)92)77-56-65-106-100(67-77)94-46-25-26-51-105(94)115(106)78-36-11-4-12-37-78)114-110(113-102)74-54-52-70(53-55-74)75-34-27-35-76(66-75)80-58-61-91(86-42-17-14-39-83(80)86)101-68-104(112-109(111-101)73-32-9-3-10-33-73)93-63-64-99(89-45-20-19-44-88(89)93)108-97-49-23-21-47-95(97)107(72-30-7-2-8-31-72)96-48-22-24-50-98(96)108/h1-69,101H,(H,111,112). The van der Waals surface area contributed by atoms with Crippen molar-refractivity contribution in [2.24, 2.45) is 4.99 Å². The van der Waals surface area contributed by atoms with Crippen molar-refractivity contribution in [1.82, 2.24) is 19.9 Å². The van der Waals surface area contributed by atoms with Crippen molar-refractivity contribution in [3.05, 3.63) is 435 Å². The molecule has 0 bridgehead atoms. The zero-order chi connectivity index (χ0) is 75.9. The number of fused-ring (bicyclic) bond motifs is 9. The maximum atomic E-state index is 5.59. The lowest BCUT2D eigenvalue weighted by molar-refractivity contribution is 0.787. The first-order chi connectivity index (χ1) is 57.0. The van der Waals surface area contributed by atoms with E-state index in [1.165, 1.54) is 104 Å². The number of amidine groups is 1. The fourth-order valence-electron chi connectivity index (χ4n) is 18.2. The van der Waals surface area contributed by atoms with E-state index in [1.54, 1.807) is 0 Å². The van der Waals surface area contributed by atoms with E-state index < -0.39 is 0 Å². The predicted molar refractivity (Wildman–Crippen MR) is 484 cm³/mol. The van der Waals surface area contributed by atoms with Gasteiger partial charge in [0.2, 0.25) is 0 Å². The molecular weight excluding hydrogens is 1390 g/mol. The van der Waals surface area contributed by atoms with Crippen LogP contribution in [0.1, 0.15) is 22.7 Å². The molecule has 0 radical (unpaired) electrons. The van der Waals surface area contributed by atoms with Gasteiger partial charge in [-0.2, -0.15) is 0 Å². The first kappa shape index (κ1) is 66.8. The van der Waals surface area contributed by atoms with E-state index in [9.17, 15) is 0 Å². The van der Waals surface area contributed by atoms with Gasteiger partial charge in [0.05, 0.1) is 34.2 Å². The quantitative estimate of drug-likeness (QED) is 0.117. The fourth-order valence-corrected chi connectivity index (χ4v) is 18.2. The average Bonchev–Trinajstić information content (AvgIpc) is 1.71. The smallest absolute Gasteiger partial charge is 0.160 e. The van der Waals surface area contributed by atoms with Crippen LogP contribution in [0.15, 0.2) is 424 Å². The molecule has 1 unspecified atom stereocenters. The molecule has 0 spiro atoms. The molecule has 5 nitrogen and oxygen atoms in total. The Kier molecular flexibility index (Phi) is 16.3. The number of rotatable bonds is 13. The Morgan fingerprint density at radius 3 is 1.22 bits per heavy atom. The molecule has 0 aliphatic carbocycles. The number of aliphatic imine (C=N–C) groups is 1. The van der Waals surface area contributed by atoms with Gasteiger partial charge < -0.3 is 9.88 Å². The van der Waals surface area contributed by atoms with Crippen molar-refractivity contribution in [2.75, 3.05) is 0 Å². The normalized spacial score (nSPS) is 13.0. The third-order valence-electron chi connectivity index (χ3n) is 23.5. The second-order valence-corrected chi connectivity index (χ2v) is 30.0. The Hall–Kier alpha value is -15.2. The van der Waals surface area contributed by atoms with E-state index in [4.69, 9.17) is 15.0 Å². The molecule has 115 heavy (non-hydrogen) atoms. The number of benzene rings is 19. The number of hydrogen-bond acceptors (Lipinski definition) is 4. The third kappa shape index (κ3) is 11.6. The average molecular weight is 1460 g/mol. The molecule has 1 aliphatic rings. The summed E-state index contributed by atoms with van der Waals surface area (Å²) in [6, 6.07) is 150. The predicted octanol–water partition coefficient (Wildman–Crippen LogP) is 28.6. The Morgan fingerprint density at radius 2 is 0.617 bits per heavy atom. The van der Waals surface area contributed by atoms with Crippen LogP contribution in [-0.2, 0) is 0 Å². The third-order valence-corrected chi connectivity index (χ3v) is 23.5. The maximum absolute atomic E-state index is 5.59. The van der Waals surface area contributed by atoms with Crippen molar-refractivity contribution in [3.63, 3.8) is 0 Å². The minimum absolute atomic E-state index is 0.225. The molecule has 21 aromatic rings. The molecule has 1 N–H and O–H groups in total. The van der Waals surface area contributed by atoms with Gasteiger partial charge in [0.25, 0.3) is 0 Å². The first-order valence-electron chi connectivity index (χ1n) is 39.5. The Bertz CT molecular complexity index is 7470. The minimum atomic E-state index is -0.225. The van der Waals surface area contributed by atoms with Crippen LogP contribution in [0.5, 0.6) is 0 Å². The van der Waals surface area contributed by atoms with Gasteiger partial charge in [-0.1, -0.05) is 370 Å². The van der Waals surface area contributed by atoms with Crippen LogP contribution in [0.25, 0.3) is 198 Å². The highest BCUT2D eigenvalue weighted by Gasteiger charge is 2.27. The Morgan fingerprint density at radius 1 is 0.226 bits per heavy atom. The largest absolute Gasteiger partial charge is 0.359 e. The Labute approximate surface area is 666 Å². The van der Waals surface area contributed by atoms with Crippen LogP contribution in [0.3, 0.4) is 0 Å². The molecule has 0 fully saturated rings. The van der Waals surface area contributed by atoms with Crippen LogP contribution in [0.4, 0.5) is 0 Å². The number of nitrogens with zero attached hydrogens (tertiary/aromatic N) is 4. The van der Waals surface area contributed by atoms with Crippen molar-refractivity contribution < 1.29 is 0 Å². The summed E-state index contributed by atoms with van der Waals surface area (Å²) in [6.45, 7) is 0. The molecule has 5 heteroatoms. The van der Waals surface area contributed by atoms with E-state index >= 15 is 0 Å². The second-order valence-electron chi connectivity index (χ2n) is 30.0. The van der Waals surface area contributed by atoms with Crippen molar-refractivity contribution in [1.29, 1.82) is 0 Å². The van der Waals surface area contributed by atoms with Crippen LogP contribution < -0.4 is 5.32 Å². The number of nitrogens with one attached hydrogen (secondary N) is 1. The van der Waals surface area contributed by atoms with Gasteiger partial charge in [-0.3, -0.25) is 0 Å². The minimum Gasteiger partial charge on any atom is -0.359 e. The van der Waals surface area contributed by atoms with Gasteiger partial charge >= 0.3 is 0 Å². The molecule has 19 aromatic carbocycles. The molecule has 2 aromatic heterocycles. The summed E-state index contributed by atoms with van der Waals surface area (Å²) in [7, 11) is 0. The van der Waals surface area contributed by atoms with Gasteiger partial charge in [-0.25, -0.2) is 15.0 Å². The van der Waals surface area contributed by atoms with Crippen LogP contribution >= 0.6 is 0 Å². The van der Waals surface area contributed by atoms with Crippen molar-refractivity contribution >= 4 is 98.0 Å². The SMILES string of the molecule is C1=C(c2ccc(-c3c4ccccc4c(-c4ccccc4)c4ccccc34)c3ccccc23)N=C(c2ccccc2)NC1c1ccc(-c2cccc(-c3ccc(-c4nc(-c5ccc(-c6ccccc6)c6ccccc56)cc(-c5ccc(-c6ccc7c(c6)c6ccccc6n7-c6ccccc6)c6ccccc56)n4)cc3)c2)c2ccccc12. The van der Waals surface area contributed by atoms with Gasteiger partial charge in [0.1, 0.15) is 5.84 Å². The molecule has 0 saturated carbocycles. The summed E-state index contributed by atoms with van der Waals surface area (Å²) in [4.78, 5) is 16.7. The van der Waals surface area contributed by atoms with Crippen molar-refractivity contribution in [2.45, 2.75) is 6.04 Å². The van der Waals surface area contributed by atoms with Crippen LogP contribution in [0, 0.1) is 0 Å². The van der Waals surface area contributed by atoms with Gasteiger partial charge in [-0.05, 0) is 186 Å². The van der Waals surface area contributed by atoms with Crippen LogP contribution in [-0.4, -0.2) is 20.4 Å². The highest BCUT2D eigenvalue weighted by molar-refractivity contribution is 6.24. The number of aromatic nitrogens is 3. The lowest BCUT2D eigenvalue weighted by Crippen LogP contribution is -2.31. The molecular formula is C110H71N5. The molecule has 0 saturated heterocycles. The van der Waals surface area contributed by atoms with E-state index in [2.05, 4.69) is 428 Å². The molecule has 536 valence electrons. The second kappa shape index (κ2) is 28.0. The fraction of sp³-hybridized carbons (Fsp3) is 0.00909. The summed E-state index contributed by atoms with van der Waals surface area (Å²) in [5.41, 5.74) is 26.4. The molecule has 1 aliphatic heterocycles. The summed E-state index contributed by atoms with van der Waals surface area (Å²) in [5, 5.41) is 20.5. The summed E-state index contributed by atoms with van der Waals surface area (Å²) in [5.74, 6) is 1.48. The Balaban J connectivity index is 0.623. The number of para-hydroxylation sites is 2. The molecule has 22 rings (SSSR count). The summed E-state index contributed by atoms with van der Waals surface area (Å²) in [6.07, 6.45) is 2.33. The van der Waals surface area contributed by atoms with E-state index in [0.717, 1.165) is 111 Å². The van der Waals surface area contributed by atoms with Crippen molar-refractivity contribution in [3.8, 4) is 106 Å². The van der Waals surface area contributed by atoms with E-state index in [1.807, 2.05) is 0 Å². The lowest BCUT2D eigenvalue weighted by Gasteiger charge is -2.27. The monoisotopic (exact) mass is 1460 g/mol. The van der Waals surface area contributed by atoms with Gasteiger partial charge in [0, 0.05) is 44.3 Å². The highest BCUT2D eigenvalue weighted by Crippen LogP contribution is 2.49.